The molecule has 2 N–H and O–H groups in total. The number of nitrogens with zero attached hydrogens (tertiary/aromatic N) is 1. The van der Waals surface area contributed by atoms with Crippen molar-refractivity contribution in [2.24, 2.45) is 5.73 Å². The summed E-state index contributed by atoms with van der Waals surface area (Å²) < 4.78 is 5.39. The highest BCUT2D eigenvalue weighted by atomic mass is 35.5. The van der Waals surface area contributed by atoms with E-state index >= 15 is 0 Å². The molecule has 0 saturated heterocycles. The predicted molar refractivity (Wildman–Crippen MR) is 74.3 cm³/mol. The van der Waals surface area contributed by atoms with Crippen molar-refractivity contribution in [3.63, 3.8) is 0 Å². The van der Waals surface area contributed by atoms with Crippen molar-refractivity contribution in [2.75, 3.05) is 31.6 Å². The number of benzene rings is 1. The summed E-state index contributed by atoms with van der Waals surface area (Å²) in [5.41, 5.74) is 7.71. The van der Waals surface area contributed by atoms with Gasteiger partial charge < -0.3 is 15.4 Å². The van der Waals surface area contributed by atoms with Crippen LogP contribution in [-0.2, 0) is 0 Å². The first-order chi connectivity index (χ1) is 8.13. The quantitative estimate of drug-likeness (QED) is 0.851. The van der Waals surface area contributed by atoms with Crippen molar-refractivity contribution < 1.29 is 4.74 Å². The summed E-state index contributed by atoms with van der Waals surface area (Å²) in [5, 5.41) is 0.737. The van der Waals surface area contributed by atoms with Gasteiger partial charge in [-0.05, 0) is 38.4 Å². The Morgan fingerprint density at radius 1 is 1.41 bits per heavy atom. The normalized spacial score (nSPS) is 10.4. The predicted octanol–water partition coefficient (Wildman–Crippen LogP) is 2.83. The highest BCUT2D eigenvalue weighted by Crippen LogP contribution is 2.33. The lowest BCUT2D eigenvalue weighted by Crippen LogP contribution is -2.26. The zero-order chi connectivity index (χ0) is 12.8. The first-order valence-electron chi connectivity index (χ1n) is 5.93. The minimum atomic E-state index is 0.700. The smallest absolute Gasteiger partial charge is 0.143 e. The summed E-state index contributed by atoms with van der Waals surface area (Å²) in [6.45, 7) is 6.69. The van der Waals surface area contributed by atoms with Crippen molar-refractivity contribution in [1.29, 1.82) is 0 Å². The number of hydrogen-bond donors (Lipinski definition) is 1. The Bertz CT molecular complexity index is 369. The van der Waals surface area contributed by atoms with E-state index in [1.165, 1.54) is 0 Å². The number of hydrogen-bond acceptors (Lipinski definition) is 3. The van der Waals surface area contributed by atoms with E-state index < -0.39 is 0 Å². The second kappa shape index (κ2) is 6.72. The Hall–Kier alpha value is -0.930. The lowest BCUT2D eigenvalue weighted by atomic mass is 10.1. The van der Waals surface area contributed by atoms with Gasteiger partial charge in [-0.25, -0.2) is 0 Å². The van der Waals surface area contributed by atoms with Gasteiger partial charge in [0.15, 0.2) is 0 Å². The number of anilines is 1. The van der Waals surface area contributed by atoms with Crippen LogP contribution in [0, 0.1) is 6.92 Å². The van der Waals surface area contributed by atoms with Crippen LogP contribution in [0.25, 0.3) is 0 Å². The molecule has 0 spiro atoms. The summed E-state index contributed by atoms with van der Waals surface area (Å²) in [4.78, 5) is 2.26. The summed E-state index contributed by atoms with van der Waals surface area (Å²) in [7, 11) is 1.67. The molecule has 96 valence electrons. The minimum Gasteiger partial charge on any atom is -0.495 e. The van der Waals surface area contributed by atoms with Crippen LogP contribution in [0.1, 0.15) is 18.9 Å². The third kappa shape index (κ3) is 3.51. The third-order valence-corrected chi connectivity index (χ3v) is 3.22. The number of aryl methyl sites for hydroxylation is 1. The van der Waals surface area contributed by atoms with Gasteiger partial charge in [0.1, 0.15) is 5.75 Å². The Morgan fingerprint density at radius 2 is 2.12 bits per heavy atom. The van der Waals surface area contributed by atoms with Gasteiger partial charge in [0.05, 0.1) is 12.8 Å². The van der Waals surface area contributed by atoms with E-state index in [4.69, 9.17) is 22.1 Å². The van der Waals surface area contributed by atoms with Crippen molar-refractivity contribution in [3.05, 3.63) is 22.7 Å². The SMILES string of the molecule is CCN(CCCN)c1cc(C)c(Cl)cc1OC. The van der Waals surface area contributed by atoms with E-state index in [9.17, 15) is 0 Å². The molecule has 0 aliphatic heterocycles. The molecule has 0 radical (unpaired) electrons. The lowest BCUT2D eigenvalue weighted by molar-refractivity contribution is 0.414. The van der Waals surface area contributed by atoms with E-state index in [1.54, 1.807) is 7.11 Å². The van der Waals surface area contributed by atoms with Gasteiger partial charge in [-0.3, -0.25) is 0 Å². The van der Waals surface area contributed by atoms with Gasteiger partial charge in [-0.1, -0.05) is 11.6 Å². The standard InChI is InChI=1S/C13H21ClN2O/c1-4-16(7-5-6-15)12-8-10(2)11(14)9-13(12)17-3/h8-9H,4-7,15H2,1-3H3. The fourth-order valence-electron chi connectivity index (χ4n) is 1.79. The van der Waals surface area contributed by atoms with Crippen molar-refractivity contribution in [3.8, 4) is 5.75 Å². The minimum absolute atomic E-state index is 0.700. The van der Waals surface area contributed by atoms with Crippen molar-refractivity contribution in [1.82, 2.24) is 0 Å². The highest BCUT2D eigenvalue weighted by molar-refractivity contribution is 6.31. The molecule has 1 rings (SSSR count). The second-order valence-corrected chi connectivity index (χ2v) is 4.40. The molecule has 0 fully saturated rings. The number of halogens is 1. The lowest BCUT2D eigenvalue weighted by Gasteiger charge is -2.25. The molecule has 0 atom stereocenters. The Kier molecular flexibility index (Phi) is 5.59. The molecule has 0 heterocycles. The maximum absolute atomic E-state index is 6.10. The van der Waals surface area contributed by atoms with E-state index in [0.29, 0.717) is 6.54 Å². The zero-order valence-electron chi connectivity index (χ0n) is 10.8. The molecular weight excluding hydrogens is 236 g/mol. The molecule has 0 aliphatic carbocycles. The molecule has 0 amide bonds. The van der Waals surface area contributed by atoms with Crippen LogP contribution in [0.15, 0.2) is 12.1 Å². The fourth-order valence-corrected chi connectivity index (χ4v) is 1.94. The zero-order valence-corrected chi connectivity index (χ0v) is 11.5. The molecule has 17 heavy (non-hydrogen) atoms. The Labute approximate surface area is 109 Å². The fraction of sp³-hybridized carbons (Fsp3) is 0.538. The molecule has 0 unspecified atom stereocenters. The third-order valence-electron chi connectivity index (χ3n) is 2.81. The van der Waals surface area contributed by atoms with Crippen LogP contribution < -0.4 is 15.4 Å². The van der Waals surface area contributed by atoms with Gasteiger partial charge in [0.25, 0.3) is 0 Å². The summed E-state index contributed by atoms with van der Waals surface area (Å²) >= 11 is 6.10. The molecule has 4 heteroatoms. The van der Waals surface area contributed by atoms with Crippen LogP contribution >= 0.6 is 11.6 Å². The van der Waals surface area contributed by atoms with Gasteiger partial charge in [-0.15, -0.1) is 0 Å². The van der Waals surface area contributed by atoms with Crippen molar-refractivity contribution in [2.45, 2.75) is 20.3 Å². The van der Waals surface area contributed by atoms with Gasteiger partial charge in [-0.2, -0.15) is 0 Å². The monoisotopic (exact) mass is 256 g/mol. The number of methoxy groups -OCH3 is 1. The van der Waals surface area contributed by atoms with Gasteiger partial charge in [0, 0.05) is 24.2 Å². The van der Waals surface area contributed by atoms with Crippen molar-refractivity contribution >= 4 is 17.3 Å². The van der Waals surface area contributed by atoms with Gasteiger partial charge in [0.2, 0.25) is 0 Å². The summed E-state index contributed by atoms with van der Waals surface area (Å²) in [6, 6.07) is 3.94. The van der Waals surface area contributed by atoms with Crippen LogP contribution in [-0.4, -0.2) is 26.7 Å². The van der Waals surface area contributed by atoms with E-state index in [0.717, 1.165) is 41.5 Å². The molecule has 0 bridgehead atoms. The highest BCUT2D eigenvalue weighted by Gasteiger charge is 2.12. The summed E-state index contributed by atoms with van der Waals surface area (Å²) in [5.74, 6) is 0.819. The van der Waals surface area contributed by atoms with E-state index in [-0.39, 0.29) is 0 Å². The number of rotatable bonds is 6. The number of ether oxygens (including phenoxy) is 1. The topological polar surface area (TPSA) is 38.5 Å². The Morgan fingerprint density at radius 3 is 2.65 bits per heavy atom. The van der Waals surface area contributed by atoms with Gasteiger partial charge >= 0.3 is 0 Å². The average molecular weight is 257 g/mol. The maximum atomic E-state index is 6.10. The molecule has 0 aliphatic rings. The molecule has 1 aromatic carbocycles. The second-order valence-electron chi connectivity index (χ2n) is 4.00. The van der Waals surface area contributed by atoms with Crippen LogP contribution in [0.5, 0.6) is 5.75 Å². The van der Waals surface area contributed by atoms with Crippen LogP contribution in [0.3, 0.4) is 0 Å². The maximum Gasteiger partial charge on any atom is 0.143 e. The molecule has 0 saturated carbocycles. The van der Waals surface area contributed by atoms with Crippen LogP contribution in [0.2, 0.25) is 5.02 Å². The Balaban J connectivity index is 3.04. The first-order valence-corrected chi connectivity index (χ1v) is 6.31. The number of nitrogens with two attached hydrogens (primary N) is 1. The molecule has 3 nitrogen and oxygen atoms in total. The van der Waals surface area contributed by atoms with E-state index in [1.807, 2.05) is 13.0 Å². The molecule has 1 aromatic rings. The average Bonchev–Trinajstić information content (AvgIpc) is 2.34. The molecular formula is C13H21ClN2O. The largest absolute Gasteiger partial charge is 0.495 e. The van der Waals surface area contributed by atoms with E-state index in [2.05, 4.69) is 17.9 Å². The summed E-state index contributed by atoms with van der Waals surface area (Å²) in [6.07, 6.45) is 0.971. The molecule has 0 aromatic heterocycles. The first kappa shape index (κ1) is 14.1. The van der Waals surface area contributed by atoms with Crippen LogP contribution in [0.4, 0.5) is 5.69 Å².